The van der Waals surface area contributed by atoms with Gasteiger partial charge in [0.15, 0.2) is 0 Å². The van der Waals surface area contributed by atoms with Gasteiger partial charge in [0.25, 0.3) is 0 Å². The van der Waals surface area contributed by atoms with Crippen molar-refractivity contribution in [1.29, 1.82) is 0 Å². The fourth-order valence-electron chi connectivity index (χ4n) is 2.07. The molecule has 1 saturated heterocycles. The van der Waals surface area contributed by atoms with Crippen molar-refractivity contribution < 1.29 is 40.9 Å². The van der Waals surface area contributed by atoms with E-state index in [0.717, 1.165) is 19.6 Å². The molecule has 0 aliphatic carbocycles. The fraction of sp³-hybridized carbons (Fsp3) is 0.818. The Morgan fingerprint density at radius 3 is 2.05 bits per heavy atom. The number of carboxylic acid groups (broad SMARTS) is 2. The smallest absolute Gasteiger partial charge is 0.550 e. The molecule has 0 aromatic heterocycles. The minimum Gasteiger partial charge on any atom is -0.550 e. The number of hydrogen-bond donors (Lipinski definition) is 2. The third-order valence-electron chi connectivity index (χ3n) is 2.97. The Labute approximate surface area is 128 Å². The number of carbonyl (C=O) groups is 2. The SMILES string of the molecule is N.N.O=C([O-])CC(CCCN1CCCC1)C(=O)[O-].[Pt+2]. The molecule has 0 saturated carbocycles. The van der Waals surface area contributed by atoms with Gasteiger partial charge in [-0.1, -0.05) is 0 Å². The van der Waals surface area contributed by atoms with Crippen molar-refractivity contribution >= 4 is 11.9 Å². The average Bonchev–Trinajstić information content (AvgIpc) is 2.68. The van der Waals surface area contributed by atoms with Gasteiger partial charge in [0.2, 0.25) is 0 Å². The van der Waals surface area contributed by atoms with Crippen molar-refractivity contribution in [2.24, 2.45) is 5.92 Å². The van der Waals surface area contributed by atoms with E-state index in [1.165, 1.54) is 12.8 Å². The van der Waals surface area contributed by atoms with E-state index in [1.807, 2.05) is 0 Å². The first kappa shape index (κ1) is 23.6. The Morgan fingerprint density at radius 1 is 1.11 bits per heavy atom. The summed E-state index contributed by atoms with van der Waals surface area (Å²) in [5.41, 5.74) is 0. The zero-order valence-electron chi connectivity index (χ0n) is 11.0. The third kappa shape index (κ3) is 10.0. The molecule has 0 aromatic carbocycles. The predicted octanol–water partition coefficient (Wildman–Crippen LogP) is -1.31. The first-order valence-corrected chi connectivity index (χ1v) is 5.72. The zero-order valence-corrected chi connectivity index (χ0v) is 13.3. The first-order valence-electron chi connectivity index (χ1n) is 5.72. The molecule has 0 amide bonds. The molecule has 116 valence electrons. The molecular weight excluding hydrogens is 433 g/mol. The van der Waals surface area contributed by atoms with Crippen molar-refractivity contribution in [2.75, 3.05) is 19.6 Å². The molecule has 1 heterocycles. The molecule has 0 bridgehead atoms. The average molecular weight is 456 g/mol. The molecule has 8 heteroatoms. The summed E-state index contributed by atoms with van der Waals surface area (Å²) in [6, 6.07) is 0. The van der Waals surface area contributed by atoms with Crippen LogP contribution >= 0.6 is 0 Å². The fourth-order valence-corrected chi connectivity index (χ4v) is 2.07. The van der Waals surface area contributed by atoms with E-state index in [2.05, 4.69) is 4.90 Å². The van der Waals surface area contributed by atoms with E-state index in [0.29, 0.717) is 12.8 Å². The number of rotatable bonds is 7. The number of aliphatic carboxylic acids is 2. The van der Waals surface area contributed by atoms with Crippen molar-refractivity contribution in [1.82, 2.24) is 17.2 Å². The van der Waals surface area contributed by atoms with Crippen LogP contribution in [-0.2, 0) is 30.7 Å². The van der Waals surface area contributed by atoms with Gasteiger partial charge >= 0.3 is 21.1 Å². The van der Waals surface area contributed by atoms with Gasteiger partial charge in [0.05, 0.1) is 0 Å². The Hall–Kier alpha value is -0.492. The Bertz CT molecular complexity index is 260. The second kappa shape index (κ2) is 12.5. The van der Waals surface area contributed by atoms with Gasteiger partial charge < -0.3 is 37.0 Å². The van der Waals surface area contributed by atoms with E-state index >= 15 is 0 Å². The molecule has 1 fully saturated rings. The summed E-state index contributed by atoms with van der Waals surface area (Å²) in [7, 11) is 0. The summed E-state index contributed by atoms with van der Waals surface area (Å²) >= 11 is 0. The molecule has 0 aromatic rings. The van der Waals surface area contributed by atoms with Crippen molar-refractivity contribution in [3.63, 3.8) is 0 Å². The van der Waals surface area contributed by atoms with E-state index in [-0.39, 0.29) is 33.4 Å². The van der Waals surface area contributed by atoms with E-state index in [4.69, 9.17) is 0 Å². The Kier molecular flexibility index (Phi) is 15.6. The van der Waals surface area contributed by atoms with Crippen LogP contribution in [0, 0.1) is 5.92 Å². The molecule has 1 rings (SSSR count). The summed E-state index contributed by atoms with van der Waals surface area (Å²) in [6.45, 7) is 2.98. The van der Waals surface area contributed by atoms with Crippen LogP contribution in [0.4, 0.5) is 0 Å². The van der Waals surface area contributed by atoms with Crippen LogP contribution in [0.3, 0.4) is 0 Å². The summed E-state index contributed by atoms with van der Waals surface area (Å²) in [6.07, 6.45) is 3.01. The number of nitrogens with zero attached hydrogens (tertiary/aromatic N) is 1. The molecular formula is C11H23N3O4Pt. The topological polar surface area (TPSA) is 154 Å². The van der Waals surface area contributed by atoms with Crippen LogP contribution < -0.4 is 22.5 Å². The maximum absolute atomic E-state index is 10.6. The molecule has 0 spiro atoms. The van der Waals surface area contributed by atoms with Crippen LogP contribution in [0.5, 0.6) is 0 Å². The van der Waals surface area contributed by atoms with Gasteiger partial charge in [-0.05, 0) is 51.7 Å². The molecule has 6 N–H and O–H groups in total. The normalized spacial score (nSPS) is 15.6. The van der Waals surface area contributed by atoms with Crippen LogP contribution in [0.2, 0.25) is 0 Å². The van der Waals surface area contributed by atoms with Crippen molar-refractivity contribution in [3.05, 3.63) is 0 Å². The summed E-state index contributed by atoms with van der Waals surface area (Å²) in [5.74, 6) is -3.52. The molecule has 19 heavy (non-hydrogen) atoms. The minimum absolute atomic E-state index is 0. The molecule has 1 atom stereocenters. The summed E-state index contributed by atoms with van der Waals surface area (Å²) in [4.78, 5) is 23.2. The molecule has 7 nitrogen and oxygen atoms in total. The first-order chi connectivity index (χ1) is 7.59. The largest absolute Gasteiger partial charge is 2.00 e. The molecule has 1 aliphatic heterocycles. The maximum atomic E-state index is 10.6. The van der Waals surface area contributed by atoms with Gasteiger partial charge in [-0.2, -0.15) is 0 Å². The number of carboxylic acids is 2. The standard InChI is InChI=1S/C11H19NO4.2H3N.Pt/c13-10(14)8-9(11(15)16)4-3-7-12-5-1-2-6-12;;;/h9H,1-8H2,(H,13,14)(H,15,16);2*1H3;/q;;;+2/p-2. The second-order valence-corrected chi connectivity index (χ2v) is 4.28. The maximum Gasteiger partial charge on any atom is 2.00 e. The van der Waals surface area contributed by atoms with Crippen molar-refractivity contribution in [2.45, 2.75) is 32.1 Å². The van der Waals surface area contributed by atoms with E-state index in [1.54, 1.807) is 0 Å². The van der Waals surface area contributed by atoms with Crippen LogP contribution in [0.1, 0.15) is 32.1 Å². The van der Waals surface area contributed by atoms with E-state index < -0.39 is 24.3 Å². The van der Waals surface area contributed by atoms with Gasteiger partial charge in [0, 0.05) is 17.9 Å². The molecule has 0 radical (unpaired) electrons. The number of likely N-dealkylation sites (tertiary alicyclic amines) is 1. The summed E-state index contributed by atoms with van der Waals surface area (Å²) in [5, 5.41) is 21.0. The third-order valence-corrected chi connectivity index (χ3v) is 2.97. The molecule has 1 unspecified atom stereocenters. The van der Waals surface area contributed by atoms with Crippen molar-refractivity contribution in [3.8, 4) is 0 Å². The van der Waals surface area contributed by atoms with Gasteiger partial charge in [-0.3, -0.25) is 0 Å². The quantitative estimate of drug-likeness (QED) is 0.482. The Morgan fingerprint density at radius 2 is 1.63 bits per heavy atom. The monoisotopic (exact) mass is 456 g/mol. The predicted molar refractivity (Wildman–Crippen MR) is 63.1 cm³/mol. The number of carbonyl (C=O) groups excluding carboxylic acids is 2. The van der Waals surface area contributed by atoms with Gasteiger partial charge in [0.1, 0.15) is 0 Å². The van der Waals surface area contributed by atoms with Gasteiger partial charge in [-0.15, -0.1) is 0 Å². The van der Waals surface area contributed by atoms with E-state index in [9.17, 15) is 19.8 Å². The molecule has 1 aliphatic rings. The summed E-state index contributed by atoms with van der Waals surface area (Å²) < 4.78 is 0. The second-order valence-electron chi connectivity index (χ2n) is 4.28. The van der Waals surface area contributed by atoms with Crippen LogP contribution in [-0.4, -0.2) is 36.5 Å². The Balaban J connectivity index is -0.000000853. The minimum atomic E-state index is -1.32. The van der Waals surface area contributed by atoms with Gasteiger partial charge in [-0.25, -0.2) is 0 Å². The number of hydrogen-bond acceptors (Lipinski definition) is 7. The van der Waals surface area contributed by atoms with Crippen LogP contribution in [0.15, 0.2) is 0 Å². The zero-order chi connectivity index (χ0) is 12.0. The van der Waals surface area contributed by atoms with Crippen LogP contribution in [0.25, 0.3) is 0 Å².